The summed E-state index contributed by atoms with van der Waals surface area (Å²) in [7, 11) is -0.106. The Bertz CT molecular complexity index is 1270. The highest BCUT2D eigenvalue weighted by atomic mass is 32.2. The highest BCUT2D eigenvalue weighted by Crippen LogP contribution is 2.33. The zero-order chi connectivity index (χ0) is 24.3. The topological polar surface area (TPSA) is 103 Å². The maximum absolute atomic E-state index is 13.4. The van der Waals surface area contributed by atoms with Crippen LogP contribution in [0.15, 0.2) is 54.7 Å². The molecule has 3 aromatic rings. The van der Waals surface area contributed by atoms with E-state index in [9.17, 15) is 13.2 Å². The summed E-state index contributed by atoms with van der Waals surface area (Å²) < 4.78 is 37.5. The van der Waals surface area contributed by atoms with E-state index in [0.717, 1.165) is 5.69 Å². The van der Waals surface area contributed by atoms with E-state index in [1.54, 1.807) is 37.2 Å². The Hall–Kier alpha value is -3.37. The highest BCUT2D eigenvalue weighted by Gasteiger charge is 2.27. The van der Waals surface area contributed by atoms with Gasteiger partial charge in [-0.25, -0.2) is 17.4 Å². The average molecular weight is 485 g/mol. The van der Waals surface area contributed by atoms with Crippen LogP contribution in [-0.2, 0) is 10.0 Å². The van der Waals surface area contributed by atoms with Crippen LogP contribution in [0.25, 0.3) is 16.9 Å². The lowest BCUT2D eigenvalue weighted by Gasteiger charge is -2.30. The molecule has 1 aliphatic rings. The number of carbonyl (C=O) groups is 1. The minimum absolute atomic E-state index is 0.121. The van der Waals surface area contributed by atoms with Gasteiger partial charge in [-0.15, -0.1) is 0 Å². The number of ether oxygens (including phenoxy) is 2. The molecule has 2 aromatic carbocycles. The van der Waals surface area contributed by atoms with E-state index in [4.69, 9.17) is 14.6 Å². The van der Waals surface area contributed by atoms with Gasteiger partial charge in [0.25, 0.3) is 5.91 Å². The van der Waals surface area contributed by atoms with Crippen LogP contribution >= 0.6 is 0 Å². The number of hydrogen-bond acceptors (Lipinski definition) is 6. The Morgan fingerprint density at radius 2 is 1.71 bits per heavy atom. The summed E-state index contributed by atoms with van der Waals surface area (Å²) >= 11 is 0. The molecule has 4 rings (SSSR count). The van der Waals surface area contributed by atoms with Gasteiger partial charge in [0.15, 0.2) is 11.5 Å². The number of rotatable bonds is 7. The van der Waals surface area contributed by atoms with Gasteiger partial charge in [-0.1, -0.05) is 18.2 Å². The lowest BCUT2D eigenvalue weighted by molar-refractivity contribution is 0.0924. The van der Waals surface area contributed by atoms with Gasteiger partial charge in [0.1, 0.15) is 5.69 Å². The van der Waals surface area contributed by atoms with Crippen molar-refractivity contribution in [3.63, 3.8) is 0 Å². The molecule has 180 valence electrons. The van der Waals surface area contributed by atoms with Gasteiger partial charge in [0, 0.05) is 30.9 Å². The van der Waals surface area contributed by atoms with E-state index in [1.165, 1.54) is 10.6 Å². The van der Waals surface area contributed by atoms with E-state index < -0.39 is 10.0 Å². The minimum atomic E-state index is -3.23. The predicted molar refractivity (Wildman–Crippen MR) is 129 cm³/mol. The smallest absolute Gasteiger partial charge is 0.255 e. The van der Waals surface area contributed by atoms with Crippen LogP contribution in [0, 0.1) is 0 Å². The molecule has 1 amide bonds. The summed E-state index contributed by atoms with van der Waals surface area (Å²) in [6, 6.07) is 14.8. The van der Waals surface area contributed by atoms with E-state index in [-0.39, 0.29) is 11.9 Å². The quantitative estimate of drug-likeness (QED) is 0.553. The van der Waals surface area contributed by atoms with Crippen LogP contribution in [-0.4, -0.2) is 68.0 Å². The zero-order valence-electron chi connectivity index (χ0n) is 19.4. The fraction of sp³-hybridized carbons (Fsp3) is 0.333. The number of nitrogens with one attached hydrogen (secondary N) is 1. The number of hydrogen-bond donors (Lipinski definition) is 1. The molecule has 1 aromatic heterocycles. The van der Waals surface area contributed by atoms with Gasteiger partial charge in [0.05, 0.1) is 31.7 Å². The van der Waals surface area contributed by atoms with Crippen LogP contribution < -0.4 is 14.8 Å². The van der Waals surface area contributed by atoms with Crippen LogP contribution in [0.4, 0.5) is 0 Å². The fourth-order valence-electron chi connectivity index (χ4n) is 4.04. The first kappa shape index (κ1) is 23.8. The van der Waals surface area contributed by atoms with Crippen molar-refractivity contribution in [2.75, 3.05) is 33.6 Å². The van der Waals surface area contributed by atoms with Crippen molar-refractivity contribution in [2.24, 2.45) is 0 Å². The number of nitrogens with zero attached hydrogens (tertiary/aromatic N) is 3. The molecule has 1 fully saturated rings. The molecule has 0 saturated carbocycles. The second-order valence-corrected chi connectivity index (χ2v) is 10.1. The number of methoxy groups -OCH3 is 2. The number of carbonyl (C=O) groups excluding carboxylic acids is 1. The van der Waals surface area contributed by atoms with Crippen molar-refractivity contribution in [3.05, 3.63) is 60.3 Å². The summed E-state index contributed by atoms with van der Waals surface area (Å²) in [5.41, 5.74) is 2.46. The molecule has 0 spiro atoms. The summed E-state index contributed by atoms with van der Waals surface area (Å²) in [6.07, 6.45) is 4.02. The normalized spacial score (nSPS) is 15.1. The molecular formula is C24H28N4O5S. The number of amides is 1. The van der Waals surface area contributed by atoms with Crippen LogP contribution in [0.2, 0.25) is 0 Å². The second kappa shape index (κ2) is 9.86. The third-order valence-electron chi connectivity index (χ3n) is 5.89. The van der Waals surface area contributed by atoms with Crippen molar-refractivity contribution < 1.29 is 22.7 Å². The van der Waals surface area contributed by atoms with Crippen molar-refractivity contribution in [1.29, 1.82) is 0 Å². The largest absolute Gasteiger partial charge is 0.493 e. The molecule has 0 aliphatic carbocycles. The van der Waals surface area contributed by atoms with Gasteiger partial charge in [0.2, 0.25) is 10.0 Å². The van der Waals surface area contributed by atoms with E-state index >= 15 is 0 Å². The van der Waals surface area contributed by atoms with Gasteiger partial charge in [-0.2, -0.15) is 5.10 Å². The summed E-state index contributed by atoms with van der Waals surface area (Å²) in [4.78, 5) is 13.4. The molecule has 0 unspecified atom stereocenters. The number of benzene rings is 2. The van der Waals surface area contributed by atoms with Crippen molar-refractivity contribution in [1.82, 2.24) is 19.4 Å². The van der Waals surface area contributed by atoms with Crippen molar-refractivity contribution in [2.45, 2.75) is 18.9 Å². The summed E-state index contributed by atoms with van der Waals surface area (Å²) in [6.45, 7) is 0.769. The van der Waals surface area contributed by atoms with E-state index in [2.05, 4.69) is 5.32 Å². The second-order valence-electron chi connectivity index (χ2n) is 8.15. The molecule has 1 N–H and O–H groups in total. The molecule has 2 heterocycles. The van der Waals surface area contributed by atoms with Gasteiger partial charge >= 0.3 is 0 Å². The Labute approximate surface area is 199 Å². The van der Waals surface area contributed by atoms with Gasteiger partial charge in [-0.3, -0.25) is 4.79 Å². The van der Waals surface area contributed by atoms with Crippen molar-refractivity contribution >= 4 is 15.9 Å². The fourth-order valence-corrected chi connectivity index (χ4v) is 4.92. The highest BCUT2D eigenvalue weighted by molar-refractivity contribution is 7.88. The maximum atomic E-state index is 13.4. The van der Waals surface area contributed by atoms with E-state index in [0.29, 0.717) is 54.3 Å². The third kappa shape index (κ3) is 5.07. The molecule has 1 saturated heterocycles. The average Bonchev–Trinajstić information content (AvgIpc) is 3.30. The van der Waals surface area contributed by atoms with Gasteiger partial charge in [-0.05, 0) is 43.2 Å². The SMILES string of the molecule is COc1ccc(-c2nn(-c3ccccc3)cc2C(=O)NC2CCN(S(C)(=O)=O)CC2)cc1OC. The maximum Gasteiger partial charge on any atom is 0.255 e. The number of sulfonamides is 1. The molecule has 10 heteroatoms. The molecule has 0 radical (unpaired) electrons. The summed E-state index contributed by atoms with van der Waals surface area (Å²) in [5, 5.41) is 7.78. The molecule has 0 atom stereocenters. The van der Waals surface area contributed by atoms with Crippen LogP contribution in [0.1, 0.15) is 23.2 Å². The Kier molecular flexibility index (Phi) is 6.90. The molecule has 34 heavy (non-hydrogen) atoms. The molecule has 1 aliphatic heterocycles. The minimum Gasteiger partial charge on any atom is -0.493 e. The first-order valence-electron chi connectivity index (χ1n) is 10.9. The van der Waals surface area contributed by atoms with Crippen molar-refractivity contribution in [3.8, 4) is 28.4 Å². The predicted octanol–water partition coefficient (Wildman–Crippen LogP) is 2.71. The first-order valence-corrected chi connectivity index (χ1v) is 12.8. The van der Waals surface area contributed by atoms with Crippen LogP contribution in [0.5, 0.6) is 11.5 Å². The Balaban J connectivity index is 1.65. The third-order valence-corrected chi connectivity index (χ3v) is 7.20. The molecule has 9 nitrogen and oxygen atoms in total. The number of piperidine rings is 1. The zero-order valence-corrected chi connectivity index (χ0v) is 20.2. The molecular weight excluding hydrogens is 456 g/mol. The molecule has 0 bridgehead atoms. The summed E-state index contributed by atoms with van der Waals surface area (Å²) in [5.74, 6) is 0.857. The Morgan fingerprint density at radius 1 is 1.03 bits per heavy atom. The van der Waals surface area contributed by atoms with Gasteiger partial charge < -0.3 is 14.8 Å². The standard InChI is InChI=1S/C24H28N4O5S/c1-32-21-10-9-17(15-22(21)33-2)23-20(16-28(26-23)19-7-5-4-6-8-19)24(29)25-18-11-13-27(14-12-18)34(3,30)31/h4-10,15-16,18H,11-14H2,1-3H3,(H,25,29). The van der Waals surface area contributed by atoms with E-state index in [1.807, 2.05) is 36.4 Å². The van der Waals surface area contributed by atoms with Crippen LogP contribution in [0.3, 0.4) is 0 Å². The Morgan fingerprint density at radius 3 is 2.32 bits per heavy atom. The lowest BCUT2D eigenvalue weighted by Crippen LogP contribution is -2.46. The first-order chi connectivity index (χ1) is 16.3. The monoisotopic (exact) mass is 484 g/mol. The number of para-hydroxylation sites is 1. The lowest BCUT2D eigenvalue weighted by atomic mass is 10.0. The number of aromatic nitrogens is 2.